The lowest BCUT2D eigenvalue weighted by Gasteiger charge is -2.32. The van der Waals surface area contributed by atoms with Crippen molar-refractivity contribution in [3.63, 3.8) is 0 Å². The molecule has 1 aromatic carbocycles. The summed E-state index contributed by atoms with van der Waals surface area (Å²) < 4.78 is 0. The number of amides is 1. The first-order valence-electron chi connectivity index (χ1n) is 7.44. The summed E-state index contributed by atoms with van der Waals surface area (Å²) in [6.45, 7) is 0. The van der Waals surface area contributed by atoms with Gasteiger partial charge in [-0.3, -0.25) is 14.8 Å². The van der Waals surface area contributed by atoms with Crippen molar-refractivity contribution in [2.24, 2.45) is 5.73 Å². The van der Waals surface area contributed by atoms with E-state index >= 15 is 0 Å². The molecule has 1 fully saturated rings. The Kier molecular flexibility index (Phi) is 3.84. The van der Waals surface area contributed by atoms with Crippen molar-refractivity contribution in [3.05, 3.63) is 30.6 Å². The fourth-order valence-electron chi connectivity index (χ4n) is 3.00. The smallest absolute Gasteiger partial charge is 0.226 e. The topological polar surface area (TPSA) is 80.9 Å². The number of hydrogen-bond donors (Lipinski definition) is 2. The highest BCUT2D eigenvalue weighted by Crippen LogP contribution is 2.29. The molecule has 0 saturated heterocycles. The molecule has 3 rings (SSSR count). The first kappa shape index (κ1) is 13.9. The number of nitrogens with zero attached hydrogens (tertiary/aromatic N) is 2. The van der Waals surface area contributed by atoms with E-state index in [2.05, 4.69) is 15.3 Å². The third-order valence-electron chi connectivity index (χ3n) is 4.12. The zero-order chi connectivity index (χ0) is 14.7. The lowest BCUT2D eigenvalue weighted by molar-refractivity contribution is -0.117. The fraction of sp³-hybridized carbons (Fsp3) is 0.438. The molecule has 5 nitrogen and oxygen atoms in total. The minimum absolute atomic E-state index is 0.0253. The average Bonchev–Trinajstić information content (AvgIpc) is 2.47. The minimum atomic E-state index is -0.334. The van der Waals surface area contributed by atoms with Crippen molar-refractivity contribution in [3.8, 4) is 0 Å². The van der Waals surface area contributed by atoms with E-state index in [1.54, 1.807) is 12.4 Å². The van der Waals surface area contributed by atoms with E-state index in [9.17, 15) is 4.79 Å². The van der Waals surface area contributed by atoms with E-state index in [1.807, 2.05) is 18.2 Å². The number of anilines is 1. The van der Waals surface area contributed by atoms with Gasteiger partial charge in [-0.05, 0) is 31.0 Å². The predicted octanol–water partition coefficient (Wildman–Crippen LogP) is 2.62. The van der Waals surface area contributed by atoms with Crippen molar-refractivity contribution < 1.29 is 4.79 Å². The molecule has 0 bridgehead atoms. The van der Waals surface area contributed by atoms with Crippen molar-refractivity contribution in [1.82, 2.24) is 9.97 Å². The van der Waals surface area contributed by atoms with Gasteiger partial charge in [0.1, 0.15) is 0 Å². The van der Waals surface area contributed by atoms with Crippen molar-refractivity contribution in [2.75, 3.05) is 5.32 Å². The first-order valence-corrected chi connectivity index (χ1v) is 7.44. The van der Waals surface area contributed by atoms with Crippen LogP contribution in [0, 0.1) is 0 Å². The second kappa shape index (κ2) is 5.77. The van der Waals surface area contributed by atoms with Crippen molar-refractivity contribution in [1.29, 1.82) is 0 Å². The number of hydrogen-bond acceptors (Lipinski definition) is 4. The third kappa shape index (κ3) is 3.36. The summed E-state index contributed by atoms with van der Waals surface area (Å²) >= 11 is 0. The number of carbonyl (C=O) groups excluding carboxylic acids is 1. The average molecular weight is 284 g/mol. The Bertz CT molecular complexity index is 650. The zero-order valence-corrected chi connectivity index (χ0v) is 12.0. The van der Waals surface area contributed by atoms with E-state index in [0.29, 0.717) is 6.42 Å². The SMILES string of the molecule is NC1(CC(=O)Nc2ccc3nccnc3c2)CCCCC1. The molecule has 1 amide bonds. The molecule has 5 heteroatoms. The third-order valence-corrected chi connectivity index (χ3v) is 4.12. The van der Waals surface area contributed by atoms with Crippen LogP contribution in [0.1, 0.15) is 38.5 Å². The van der Waals surface area contributed by atoms with Gasteiger partial charge in [-0.2, -0.15) is 0 Å². The summed E-state index contributed by atoms with van der Waals surface area (Å²) in [7, 11) is 0. The standard InChI is InChI=1S/C16H20N4O/c17-16(6-2-1-3-7-16)11-15(21)20-12-4-5-13-14(10-12)19-9-8-18-13/h4-5,8-10H,1-3,6-7,11,17H2,(H,20,21). The summed E-state index contributed by atoms with van der Waals surface area (Å²) in [4.78, 5) is 20.6. The largest absolute Gasteiger partial charge is 0.326 e. The van der Waals surface area contributed by atoms with Gasteiger partial charge in [-0.15, -0.1) is 0 Å². The lowest BCUT2D eigenvalue weighted by atomic mass is 9.80. The number of nitrogens with one attached hydrogen (secondary N) is 1. The number of rotatable bonds is 3. The van der Waals surface area contributed by atoms with E-state index in [-0.39, 0.29) is 11.4 Å². The molecule has 1 aliphatic rings. The monoisotopic (exact) mass is 284 g/mol. The molecule has 110 valence electrons. The molecule has 1 heterocycles. The Balaban J connectivity index is 1.68. The lowest BCUT2D eigenvalue weighted by Crippen LogP contribution is -2.44. The molecule has 0 unspecified atom stereocenters. The molecule has 1 aromatic heterocycles. The van der Waals surface area contributed by atoms with Crippen LogP contribution in [0.3, 0.4) is 0 Å². The Labute approximate surface area is 124 Å². The van der Waals surface area contributed by atoms with E-state index < -0.39 is 0 Å². The fourth-order valence-corrected chi connectivity index (χ4v) is 3.00. The van der Waals surface area contributed by atoms with Crippen LogP contribution < -0.4 is 11.1 Å². The Hall–Kier alpha value is -2.01. The zero-order valence-electron chi connectivity index (χ0n) is 12.0. The molecule has 21 heavy (non-hydrogen) atoms. The van der Waals surface area contributed by atoms with Gasteiger partial charge in [-0.25, -0.2) is 0 Å². The number of benzene rings is 1. The van der Waals surface area contributed by atoms with Crippen LogP contribution >= 0.6 is 0 Å². The molecule has 2 aromatic rings. The summed E-state index contributed by atoms with van der Waals surface area (Å²) in [5.74, 6) is -0.0253. The highest BCUT2D eigenvalue weighted by atomic mass is 16.1. The van der Waals surface area contributed by atoms with Gasteiger partial charge in [0.05, 0.1) is 11.0 Å². The van der Waals surface area contributed by atoms with Gasteiger partial charge in [0.25, 0.3) is 0 Å². The summed E-state index contributed by atoms with van der Waals surface area (Å²) in [6, 6.07) is 5.54. The molecule has 3 N–H and O–H groups in total. The number of fused-ring (bicyclic) bond motifs is 1. The van der Waals surface area contributed by atoms with E-state index in [1.165, 1.54) is 6.42 Å². The van der Waals surface area contributed by atoms with E-state index in [0.717, 1.165) is 42.4 Å². The van der Waals surface area contributed by atoms with Gasteiger partial charge in [0, 0.05) is 30.0 Å². The number of nitrogens with two attached hydrogens (primary N) is 1. The van der Waals surface area contributed by atoms with Crippen LogP contribution in [0.25, 0.3) is 11.0 Å². The second-order valence-electron chi connectivity index (χ2n) is 5.91. The van der Waals surface area contributed by atoms with Crippen LogP contribution in [-0.2, 0) is 4.79 Å². The number of carbonyl (C=O) groups is 1. The van der Waals surface area contributed by atoms with Gasteiger partial charge >= 0.3 is 0 Å². The molecular weight excluding hydrogens is 264 g/mol. The van der Waals surface area contributed by atoms with Gasteiger partial charge in [0.15, 0.2) is 0 Å². The molecule has 0 spiro atoms. The molecular formula is C16H20N4O. The minimum Gasteiger partial charge on any atom is -0.326 e. The Morgan fingerprint density at radius 2 is 1.86 bits per heavy atom. The number of aromatic nitrogens is 2. The Morgan fingerprint density at radius 3 is 2.62 bits per heavy atom. The highest BCUT2D eigenvalue weighted by Gasteiger charge is 2.29. The molecule has 0 atom stereocenters. The van der Waals surface area contributed by atoms with Crippen LogP contribution in [0.4, 0.5) is 5.69 Å². The van der Waals surface area contributed by atoms with Crippen LogP contribution in [0.2, 0.25) is 0 Å². The summed E-state index contributed by atoms with van der Waals surface area (Å²) in [6.07, 6.45) is 9.01. The normalized spacial score (nSPS) is 17.6. The molecule has 1 saturated carbocycles. The highest BCUT2D eigenvalue weighted by molar-refractivity contribution is 5.93. The first-order chi connectivity index (χ1) is 10.1. The summed E-state index contributed by atoms with van der Waals surface area (Å²) in [5, 5.41) is 2.92. The maximum atomic E-state index is 12.2. The van der Waals surface area contributed by atoms with Crippen LogP contribution in [-0.4, -0.2) is 21.4 Å². The van der Waals surface area contributed by atoms with Crippen LogP contribution in [0.15, 0.2) is 30.6 Å². The molecule has 0 radical (unpaired) electrons. The summed E-state index contributed by atoms with van der Waals surface area (Å²) in [5.41, 5.74) is 8.32. The van der Waals surface area contributed by atoms with Gasteiger partial charge in [-0.1, -0.05) is 19.3 Å². The van der Waals surface area contributed by atoms with Gasteiger partial charge in [0.2, 0.25) is 5.91 Å². The van der Waals surface area contributed by atoms with Gasteiger partial charge < -0.3 is 11.1 Å². The van der Waals surface area contributed by atoms with Crippen molar-refractivity contribution in [2.45, 2.75) is 44.1 Å². The molecule has 0 aliphatic heterocycles. The maximum absolute atomic E-state index is 12.2. The molecule has 1 aliphatic carbocycles. The maximum Gasteiger partial charge on any atom is 0.226 e. The Morgan fingerprint density at radius 1 is 1.14 bits per heavy atom. The van der Waals surface area contributed by atoms with Crippen LogP contribution in [0.5, 0.6) is 0 Å². The van der Waals surface area contributed by atoms with E-state index in [4.69, 9.17) is 5.73 Å². The predicted molar refractivity (Wildman–Crippen MR) is 82.8 cm³/mol. The second-order valence-corrected chi connectivity index (χ2v) is 5.91. The van der Waals surface area contributed by atoms with Crippen molar-refractivity contribution >= 4 is 22.6 Å². The quantitative estimate of drug-likeness (QED) is 0.907.